The minimum atomic E-state index is -0.355. The van der Waals surface area contributed by atoms with Crippen LogP contribution in [0, 0.1) is 0 Å². The maximum Gasteiger partial charge on any atom is 0.252 e. The van der Waals surface area contributed by atoms with E-state index in [1.807, 2.05) is 0 Å². The molecule has 23 rings (SSSR count). The van der Waals surface area contributed by atoms with Crippen LogP contribution in [-0.4, -0.2) is 15.5 Å². The molecule has 0 radical (unpaired) electrons. The normalized spacial score (nSPS) is 12.8. The first-order valence-electron chi connectivity index (χ1n) is 38.8. The number of nitrogens with zero attached hydrogens (tertiary/aromatic N) is 4. The molecule has 6 heterocycles. The summed E-state index contributed by atoms with van der Waals surface area (Å²) in [5.41, 5.74) is 27.3. The topological polar surface area (TPSA) is 15.3 Å². The maximum absolute atomic E-state index is 2.71. The lowest BCUT2D eigenvalue weighted by atomic mass is 9.33. The average Bonchev–Trinajstić information content (AvgIpc) is 1.34. The third kappa shape index (κ3) is 9.43. The largest absolute Gasteiger partial charge is 0.311 e. The van der Waals surface area contributed by atoms with Gasteiger partial charge in [-0.1, -0.05) is 336 Å². The Balaban J connectivity index is 0.974. The minimum absolute atomic E-state index is 0.345. The highest BCUT2D eigenvalue weighted by Gasteiger charge is 2.46. The Morgan fingerprint density at radius 1 is 0.207 bits per heavy atom. The molecule has 518 valence electrons. The molecule has 0 saturated heterocycles. The van der Waals surface area contributed by atoms with E-state index in [0.29, 0.717) is 0 Å². The van der Waals surface area contributed by atoms with Gasteiger partial charge in [0, 0.05) is 77.0 Å². The van der Waals surface area contributed by atoms with E-state index in [9.17, 15) is 0 Å². The molecule has 0 saturated carbocycles. The fourth-order valence-corrected chi connectivity index (χ4v) is 19.4. The van der Waals surface area contributed by atoms with E-state index in [-0.39, 0.29) is 12.1 Å². The van der Waals surface area contributed by atoms with Gasteiger partial charge in [0.05, 0.1) is 44.5 Å². The summed E-state index contributed by atoms with van der Waals surface area (Å²) in [5.74, 6) is 0. The van der Waals surface area contributed by atoms with Crippen LogP contribution in [0.3, 0.4) is 0 Å². The van der Waals surface area contributed by atoms with Crippen molar-refractivity contribution in [3.05, 3.63) is 382 Å². The van der Waals surface area contributed by atoms with Gasteiger partial charge in [-0.05, 0) is 165 Å². The lowest BCUT2D eigenvalue weighted by molar-refractivity contribution is 0.590. The zero-order chi connectivity index (χ0) is 73.3. The second-order valence-electron chi connectivity index (χ2n) is 31.4. The zero-order valence-electron chi connectivity index (χ0n) is 61.7. The number of hydrogen-bond donors (Lipinski definition) is 0. The number of rotatable bonds is 6. The molecule has 2 aliphatic heterocycles. The van der Waals surface area contributed by atoms with Crippen molar-refractivity contribution in [2.45, 2.75) is 26.2 Å². The third-order valence-electron chi connectivity index (χ3n) is 24.3. The molecular weight excluding hydrogens is 1340 g/mol. The molecule has 0 N–H and O–H groups in total. The van der Waals surface area contributed by atoms with Crippen LogP contribution in [0.15, 0.2) is 376 Å². The first-order chi connectivity index (χ1) is 54.8. The van der Waals surface area contributed by atoms with Crippen LogP contribution in [0.25, 0.3) is 164 Å². The van der Waals surface area contributed by atoms with Gasteiger partial charge in [0.15, 0.2) is 0 Å². The second-order valence-corrected chi connectivity index (χ2v) is 31.4. The zero-order valence-corrected chi connectivity index (χ0v) is 61.7. The van der Waals surface area contributed by atoms with Crippen molar-refractivity contribution < 1.29 is 0 Å². The lowest BCUT2D eigenvalue weighted by Crippen LogP contribution is -2.61. The second kappa shape index (κ2) is 24.3. The van der Waals surface area contributed by atoms with Crippen molar-refractivity contribution in [2.24, 2.45) is 0 Å². The maximum atomic E-state index is 2.71. The van der Waals surface area contributed by atoms with Crippen molar-refractivity contribution >= 4 is 177 Å². The van der Waals surface area contributed by atoms with Gasteiger partial charge in [0.25, 0.3) is 6.71 Å². The number of anilines is 6. The fraction of sp³-hybridized carbons (Fsp3) is 0.0377. The van der Waals surface area contributed by atoms with Crippen LogP contribution >= 0.6 is 0 Å². The molecular formula is C106H71BN4. The Kier molecular flexibility index (Phi) is 13.8. The molecule has 17 aromatic carbocycles. The number of hydrogen-bond acceptors (Lipinski definition) is 2. The molecule has 0 atom stereocenters. The van der Waals surface area contributed by atoms with Gasteiger partial charge in [-0.15, -0.1) is 0 Å². The Labute approximate surface area is 643 Å². The van der Waals surface area contributed by atoms with Gasteiger partial charge < -0.3 is 18.6 Å². The predicted octanol–water partition coefficient (Wildman–Crippen LogP) is 26.9. The van der Waals surface area contributed by atoms with E-state index < -0.39 is 0 Å². The molecule has 5 heteroatoms. The van der Waals surface area contributed by atoms with E-state index in [1.54, 1.807) is 0 Å². The predicted molar refractivity (Wildman–Crippen MR) is 476 cm³/mol. The molecule has 0 unspecified atom stereocenters. The minimum Gasteiger partial charge on any atom is -0.311 e. The molecule has 0 fully saturated rings. The van der Waals surface area contributed by atoms with Crippen molar-refractivity contribution in [1.29, 1.82) is 0 Å². The van der Waals surface area contributed by atoms with E-state index in [4.69, 9.17) is 0 Å². The highest BCUT2D eigenvalue weighted by Crippen LogP contribution is 2.53. The first-order valence-corrected chi connectivity index (χ1v) is 38.8. The van der Waals surface area contributed by atoms with Crippen LogP contribution in [0.5, 0.6) is 0 Å². The van der Waals surface area contributed by atoms with Gasteiger partial charge in [0.1, 0.15) is 0 Å². The third-order valence-corrected chi connectivity index (χ3v) is 24.3. The SMILES string of the molecule is CC(C)(C)c1cc2c3c(c1)N(c1ccc(-c4ccccc4)cc1-c1ccccc1)c1cc4c(cc1B3c1cc3c5ccccc5c5ccccc5c5cccc6c7ccccc7n(c3cc1N2c1ccc(-c2ccccc2)cc1-c1ccccc1)c56)c1ccccc1c1ccccc1c1cccc2c3ccccc3n4c12. The van der Waals surface area contributed by atoms with Gasteiger partial charge in [-0.3, -0.25) is 0 Å². The van der Waals surface area contributed by atoms with Gasteiger partial charge >= 0.3 is 0 Å². The quantitative estimate of drug-likeness (QED) is 0.154. The van der Waals surface area contributed by atoms with Crippen molar-refractivity contribution in [3.8, 4) is 44.5 Å². The van der Waals surface area contributed by atoms with Crippen LogP contribution in [0.4, 0.5) is 34.1 Å². The summed E-state index contributed by atoms with van der Waals surface area (Å²) < 4.78 is 5.27. The van der Waals surface area contributed by atoms with Crippen LogP contribution < -0.4 is 26.2 Å². The van der Waals surface area contributed by atoms with Crippen LogP contribution in [0.2, 0.25) is 0 Å². The van der Waals surface area contributed by atoms with Crippen LogP contribution in [-0.2, 0) is 5.41 Å². The number of aromatic nitrogens is 2. The summed E-state index contributed by atoms with van der Waals surface area (Å²) in [6, 6.07) is 143. The highest BCUT2D eigenvalue weighted by molar-refractivity contribution is 7.00. The summed E-state index contributed by atoms with van der Waals surface area (Å²) >= 11 is 0. The number of benzene rings is 17. The summed E-state index contributed by atoms with van der Waals surface area (Å²) in [6.45, 7) is 6.85. The molecule has 111 heavy (non-hydrogen) atoms. The summed E-state index contributed by atoms with van der Waals surface area (Å²) in [5, 5.41) is 19.1. The lowest BCUT2D eigenvalue weighted by Gasteiger charge is -2.46. The molecule has 2 aliphatic rings. The van der Waals surface area contributed by atoms with E-state index in [0.717, 1.165) is 100 Å². The monoisotopic (exact) mass is 1410 g/mol. The molecule has 0 spiro atoms. The Bertz CT molecular complexity index is 7180. The van der Waals surface area contributed by atoms with Crippen molar-refractivity contribution in [2.75, 3.05) is 9.80 Å². The average molecular weight is 1410 g/mol. The smallest absolute Gasteiger partial charge is 0.252 e. The number of para-hydroxylation sites is 4. The van der Waals surface area contributed by atoms with Gasteiger partial charge in [-0.25, -0.2) is 0 Å². The van der Waals surface area contributed by atoms with Gasteiger partial charge in [-0.2, -0.15) is 0 Å². The summed E-state index contributed by atoms with van der Waals surface area (Å²) in [6.07, 6.45) is 0. The number of fused-ring (bicyclic) bond motifs is 24. The highest BCUT2D eigenvalue weighted by atomic mass is 15.2. The fourth-order valence-electron chi connectivity index (χ4n) is 19.4. The Hall–Kier alpha value is -14.0. The molecule has 0 bridgehead atoms. The molecule has 0 aliphatic carbocycles. The van der Waals surface area contributed by atoms with Crippen molar-refractivity contribution in [1.82, 2.24) is 8.80 Å². The van der Waals surface area contributed by atoms with Crippen molar-refractivity contribution in [3.63, 3.8) is 0 Å². The standard InChI is InChI=1S/C106H71BN4/c1-106(2,3)72-60-101-103-102(61-72)109(96-57-55-71(67-32-10-5-11-33-67)59-88(96)69-36-14-7-15-37-69)100-65-98-90(80-45-23-19-41-76(80)74-39-17-21-43-78(74)84-49-29-51-86-82-47-25-27-53-94(82)111(98)105(84)86)63-92(100)107(103)91-62-89-79-44-22-18-40-75(79)73-38-16-20-42-77(73)83-48-28-50-85-81-46-24-26-52-93(81)110(104(83)85)97(89)64-99(91)108(101)95-56-54-70(66-30-8-4-9-31-66)58-87(95)68-34-12-6-13-35-68/h4-65H,1-3H3. The van der Waals surface area contributed by atoms with Crippen LogP contribution in [0.1, 0.15) is 26.3 Å². The Morgan fingerprint density at radius 3 is 0.865 bits per heavy atom. The van der Waals surface area contributed by atoms with E-state index >= 15 is 0 Å². The van der Waals surface area contributed by atoms with Gasteiger partial charge in [0.2, 0.25) is 0 Å². The Morgan fingerprint density at radius 2 is 0.505 bits per heavy atom. The summed E-state index contributed by atoms with van der Waals surface area (Å²) in [4.78, 5) is 5.42. The van der Waals surface area contributed by atoms with E-state index in [1.165, 1.54) is 120 Å². The molecule has 21 aromatic rings. The first kappa shape index (κ1) is 63.1. The molecule has 4 nitrogen and oxygen atoms in total. The molecule has 4 aromatic heterocycles. The molecule has 0 amide bonds. The summed E-state index contributed by atoms with van der Waals surface area (Å²) in [7, 11) is 0. The van der Waals surface area contributed by atoms with E-state index in [2.05, 4.69) is 415 Å².